The van der Waals surface area contributed by atoms with Gasteiger partial charge in [-0.15, -0.1) is 0 Å². The van der Waals surface area contributed by atoms with E-state index in [4.69, 9.17) is 7.85 Å². The zero-order valence-corrected chi connectivity index (χ0v) is 9.98. The molecule has 6 heteroatoms. The Labute approximate surface area is 109 Å². The summed E-state index contributed by atoms with van der Waals surface area (Å²) in [6.45, 7) is 1.56. The van der Waals surface area contributed by atoms with Gasteiger partial charge in [-0.25, -0.2) is 4.39 Å². The summed E-state index contributed by atoms with van der Waals surface area (Å²) in [5.74, 6) is -3.64. The Balaban J connectivity index is 2.79. The molecule has 0 spiro atoms. The van der Waals surface area contributed by atoms with Crippen LogP contribution in [-0.4, -0.2) is 28.3 Å². The van der Waals surface area contributed by atoms with Crippen molar-refractivity contribution < 1.29 is 24.8 Å². The number of hydrogen-bond donors (Lipinski definition) is 4. The molecule has 0 saturated carbocycles. The molecule has 2 radical (unpaired) electrons. The lowest BCUT2D eigenvalue weighted by Crippen LogP contribution is -2.05. The van der Waals surface area contributed by atoms with Crippen molar-refractivity contribution in [1.29, 1.82) is 0 Å². The molecule has 0 saturated heterocycles. The average molecular weight is 260 g/mol. The van der Waals surface area contributed by atoms with Crippen LogP contribution < -0.4 is 5.46 Å². The molecule has 2 aromatic carbocycles. The van der Waals surface area contributed by atoms with Gasteiger partial charge in [0, 0.05) is 0 Å². The van der Waals surface area contributed by atoms with Crippen LogP contribution in [0.3, 0.4) is 0 Å². The standard InChI is InChI=1S/C13H10BFO4/c1-5-2-3-6(4-7(5)15)8-10(16)9(14)12(18)13(19)11(8)17/h2-4,16-19H,1H3. The summed E-state index contributed by atoms with van der Waals surface area (Å²) in [7, 11) is 5.39. The number of phenolic OH excluding ortho intramolecular Hbond substituents is 4. The molecule has 0 aliphatic rings. The van der Waals surface area contributed by atoms with Gasteiger partial charge < -0.3 is 20.4 Å². The Kier molecular flexibility index (Phi) is 3.02. The SMILES string of the molecule is [B]c1c(O)c(O)c(O)c(-c2ccc(C)c(F)c2)c1O. The number of hydrogen-bond acceptors (Lipinski definition) is 4. The molecule has 0 fully saturated rings. The van der Waals surface area contributed by atoms with Crippen molar-refractivity contribution >= 4 is 13.3 Å². The third kappa shape index (κ3) is 1.95. The number of benzene rings is 2. The van der Waals surface area contributed by atoms with Crippen molar-refractivity contribution in [2.24, 2.45) is 0 Å². The molecule has 2 aromatic rings. The van der Waals surface area contributed by atoms with Crippen molar-refractivity contribution in [1.82, 2.24) is 0 Å². The van der Waals surface area contributed by atoms with Crippen molar-refractivity contribution in [2.75, 3.05) is 0 Å². The molecule has 4 N–H and O–H groups in total. The zero-order chi connectivity index (χ0) is 14.3. The number of aryl methyl sites for hydroxylation is 1. The topological polar surface area (TPSA) is 80.9 Å². The molecule has 0 unspecified atom stereocenters. The highest BCUT2D eigenvalue weighted by atomic mass is 19.1. The number of halogens is 1. The molecule has 0 aliphatic carbocycles. The van der Waals surface area contributed by atoms with E-state index in [1.54, 1.807) is 6.92 Å². The van der Waals surface area contributed by atoms with Crippen LogP contribution in [0, 0.1) is 12.7 Å². The summed E-state index contributed by atoms with van der Waals surface area (Å²) >= 11 is 0. The molecule has 0 aromatic heterocycles. The van der Waals surface area contributed by atoms with Gasteiger partial charge in [-0.05, 0) is 29.6 Å². The van der Waals surface area contributed by atoms with Crippen LogP contribution in [0.25, 0.3) is 11.1 Å². The van der Waals surface area contributed by atoms with Gasteiger partial charge in [0.1, 0.15) is 19.4 Å². The van der Waals surface area contributed by atoms with Crippen LogP contribution in [-0.2, 0) is 0 Å². The first kappa shape index (κ1) is 13.1. The molecule has 0 aliphatic heterocycles. The Hall–Kier alpha value is -2.37. The Morgan fingerprint density at radius 3 is 2.16 bits per heavy atom. The molecule has 0 atom stereocenters. The van der Waals surface area contributed by atoms with Gasteiger partial charge in [-0.3, -0.25) is 0 Å². The van der Waals surface area contributed by atoms with Crippen molar-refractivity contribution in [3.63, 3.8) is 0 Å². The monoisotopic (exact) mass is 260 g/mol. The first-order valence-corrected chi connectivity index (χ1v) is 5.36. The van der Waals surface area contributed by atoms with Crippen LogP contribution in [0.1, 0.15) is 5.56 Å². The van der Waals surface area contributed by atoms with Gasteiger partial charge in [-0.2, -0.15) is 0 Å². The highest BCUT2D eigenvalue weighted by molar-refractivity contribution is 6.37. The van der Waals surface area contributed by atoms with Gasteiger partial charge in [0.2, 0.25) is 5.75 Å². The summed E-state index contributed by atoms with van der Waals surface area (Å²) in [5, 5.41) is 38.4. The lowest BCUT2D eigenvalue weighted by molar-refractivity contribution is 0.365. The van der Waals surface area contributed by atoms with E-state index < -0.39 is 34.3 Å². The molecule has 2 rings (SSSR count). The molecule has 0 bridgehead atoms. The minimum Gasteiger partial charge on any atom is -0.508 e. The molecule has 96 valence electrons. The van der Waals surface area contributed by atoms with E-state index in [1.165, 1.54) is 12.1 Å². The summed E-state index contributed by atoms with van der Waals surface area (Å²) in [6, 6.07) is 3.98. The fourth-order valence-electron chi connectivity index (χ4n) is 1.74. The highest BCUT2D eigenvalue weighted by Gasteiger charge is 2.21. The van der Waals surface area contributed by atoms with E-state index in [0.717, 1.165) is 6.07 Å². The van der Waals surface area contributed by atoms with Crippen LogP contribution in [0.5, 0.6) is 23.0 Å². The normalized spacial score (nSPS) is 10.6. The lowest BCUT2D eigenvalue weighted by Gasteiger charge is -2.14. The van der Waals surface area contributed by atoms with Gasteiger partial charge >= 0.3 is 0 Å². The Morgan fingerprint density at radius 2 is 1.58 bits per heavy atom. The summed E-state index contributed by atoms with van der Waals surface area (Å²) in [6.07, 6.45) is 0. The van der Waals surface area contributed by atoms with Crippen molar-refractivity contribution in [2.45, 2.75) is 6.92 Å². The fourth-order valence-corrected chi connectivity index (χ4v) is 1.74. The predicted molar refractivity (Wildman–Crippen MR) is 68.6 cm³/mol. The number of aromatic hydroxyl groups is 4. The van der Waals surface area contributed by atoms with Crippen molar-refractivity contribution in [3.8, 4) is 34.1 Å². The third-order valence-corrected chi connectivity index (χ3v) is 2.89. The van der Waals surface area contributed by atoms with Crippen LogP contribution in [0.2, 0.25) is 0 Å². The van der Waals surface area contributed by atoms with Gasteiger partial charge in [-0.1, -0.05) is 12.1 Å². The van der Waals surface area contributed by atoms with Crippen molar-refractivity contribution in [3.05, 3.63) is 29.6 Å². The second kappa shape index (κ2) is 4.38. The van der Waals surface area contributed by atoms with E-state index in [-0.39, 0.29) is 11.1 Å². The van der Waals surface area contributed by atoms with E-state index in [0.29, 0.717) is 5.56 Å². The first-order chi connectivity index (χ1) is 8.84. The largest absolute Gasteiger partial charge is 0.508 e. The average Bonchev–Trinajstić information content (AvgIpc) is 2.38. The summed E-state index contributed by atoms with van der Waals surface area (Å²) in [4.78, 5) is 0. The maximum Gasteiger partial charge on any atom is 0.200 e. The maximum atomic E-state index is 13.5. The number of rotatable bonds is 1. The predicted octanol–water partition coefficient (Wildman–Crippen LogP) is 1.42. The molecule has 4 nitrogen and oxygen atoms in total. The van der Waals surface area contributed by atoms with E-state index in [1.807, 2.05) is 0 Å². The molecule has 19 heavy (non-hydrogen) atoms. The summed E-state index contributed by atoms with van der Waals surface area (Å²) in [5.41, 5.74) is -0.225. The second-order valence-corrected chi connectivity index (χ2v) is 4.15. The Morgan fingerprint density at radius 1 is 0.947 bits per heavy atom. The highest BCUT2D eigenvalue weighted by Crippen LogP contribution is 2.46. The molecular weight excluding hydrogens is 250 g/mol. The number of phenols is 4. The van der Waals surface area contributed by atoms with Gasteiger partial charge in [0.25, 0.3) is 0 Å². The fraction of sp³-hybridized carbons (Fsp3) is 0.0769. The summed E-state index contributed by atoms with van der Waals surface area (Å²) < 4.78 is 13.5. The van der Waals surface area contributed by atoms with Gasteiger partial charge in [0.05, 0.1) is 5.56 Å². The van der Waals surface area contributed by atoms with Crippen LogP contribution in [0.15, 0.2) is 18.2 Å². The maximum absolute atomic E-state index is 13.5. The minimum atomic E-state index is -0.869. The van der Waals surface area contributed by atoms with E-state index in [2.05, 4.69) is 0 Å². The first-order valence-electron chi connectivity index (χ1n) is 5.36. The smallest absolute Gasteiger partial charge is 0.200 e. The zero-order valence-electron chi connectivity index (χ0n) is 9.98. The Bertz CT molecular complexity index is 641. The second-order valence-electron chi connectivity index (χ2n) is 4.15. The van der Waals surface area contributed by atoms with Gasteiger partial charge in [0.15, 0.2) is 11.5 Å². The third-order valence-electron chi connectivity index (χ3n) is 2.89. The lowest BCUT2D eigenvalue weighted by atomic mass is 9.88. The van der Waals surface area contributed by atoms with Crippen LogP contribution in [0.4, 0.5) is 4.39 Å². The molecule has 0 amide bonds. The van der Waals surface area contributed by atoms with E-state index >= 15 is 0 Å². The van der Waals surface area contributed by atoms with Crippen LogP contribution >= 0.6 is 0 Å². The minimum absolute atomic E-state index is 0.125. The van der Waals surface area contributed by atoms with E-state index in [9.17, 15) is 24.8 Å². The molecule has 0 heterocycles. The molecular formula is C13H10BFO4. The quantitative estimate of drug-likeness (QED) is 0.355.